The summed E-state index contributed by atoms with van der Waals surface area (Å²) in [4.78, 5) is 0. The molecule has 3 rings (SSSR count). The van der Waals surface area contributed by atoms with Gasteiger partial charge in [-0.2, -0.15) is 0 Å². The molecule has 2 heteroatoms. The van der Waals surface area contributed by atoms with Gasteiger partial charge in [0.15, 0.2) is 0 Å². The van der Waals surface area contributed by atoms with E-state index in [1.807, 2.05) is 0 Å². The molecule has 1 aromatic heterocycles. The third kappa shape index (κ3) is 2.17. The highest BCUT2D eigenvalue weighted by Gasteiger charge is 2.14. The van der Waals surface area contributed by atoms with Crippen LogP contribution in [0.25, 0.3) is 10.9 Å². The monoisotopic (exact) mass is 242 g/mol. The fourth-order valence-corrected chi connectivity index (χ4v) is 3.19. The summed E-state index contributed by atoms with van der Waals surface area (Å²) < 4.78 is 2.22. The van der Waals surface area contributed by atoms with Gasteiger partial charge in [0.05, 0.1) is 0 Å². The number of aromatic nitrogens is 1. The van der Waals surface area contributed by atoms with Crippen molar-refractivity contribution in [2.45, 2.75) is 26.2 Å². The SMILES string of the molecule is Cc1cn(C)c2ccc(CC3CCCNC3)cc12. The van der Waals surface area contributed by atoms with E-state index in [-0.39, 0.29) is 0 Å². The van der Waals surface area contributed by atoms with Crippen molar-refractivity contribution in [2.75, 3.05) is 13.1 Å². The van der Waals surface area contributed by atoms with Gasteiger partial charge in [-0.05, 0) is 68.5 Å². The van der Waals surface area contributed by atoms with Crippen LogP contribution in [0, 0.1) is 12.8 Å². The van der Waals surface area contributed by atoms with Crippen LogP contribution in [0.3, 0.4) is 0 Å². The topological polar surface area (TPSA) is 17.0 Å². The zero-order chi connectivity index (χ0) is 12.5. The van der Waals surface area contributed by atoms with Crippen LogP contribution in [0.1, 0.15) is 24.0 Å². The third-order valence-corrected chi connectivity index (χ3v) is 4.18. The number of hydrogen-bond acceptors (Lipinski definition) is 1. The van der Waals surface area contributed by atoms with E-state index >= 15 is 0 Å². The van der Waals surface area contributed by atoms with E-state index in [0.29, 0.717) is 0 Å². The standard InChI is InChI=1S/C16H22N2/c1-12-11-18(2)16-6-5-13(9-15(12)16)8-14-4-3-7-17-10-14/h5-6,9,11,14,17H,3-4,7-8,10H2,1-2H3. The molecule has 96 valence electrons. The maximum absolute atomic E-state index is 3.50. The average molecular weight is 242 g/mol. The number of nitrogens with one attached hydrogen (secondary N) is 1. The molecule has 0 bridgehead atoms. The predicted molar refractivity (Wildman–Crippen MR) is 77.0 cm³/mol. The van der Waals surface area contributed by atoms with Crippen LogP contribution in [0.4, 0.5) is 0 Å². The van der Waals surface area contributed by atoms with Crippen molar-refractivity contribution in [1.29, 1.82) is 0 Å². The number of rotatable bonds is 2. The highest BCUT2D eigenvalue weighted by Crippen LogP contribution is 2.24. The molecule has 1 aliphatic rings. The molecule has 0 spiro atoms. The van der Waals surface area contributed by atoms with E-state index < -0.39 is 0 Å². The molecule has 0 amide bonds. The molecule has 0 radical (unpaired) electrons. The molecule has 1 fully saturated rings. The first-order chi connectivity index (χ1) is 8.74. The van der Waals surface area contributed by atoms with Gasteiger partial charge in [0.2, 0.25) is 0 Å². The van der Waals surface area contributed by atoms with Crippen molar-refractivity contribution in [2.24, 2.45) is 13.0 Å². The first kappa shape index (κ1) is 11.8. The van der Waals surface area contributed by atoms with Gasteiger partial charge in [0.25, 0.3) is 0 Å². The molecule has 0 aliphatic carbocycles. The molecule has 2 nitrogen and oxygen atoms in total. The summed E-state index contributed by atoms with van der Waals surface area (Å²) in [5.74, 6) is 0.820. The Balaban J connectivity index is 1.86. The van der Waals surface area contributed by atoms with Crippen LogP contribution in [0.15, 0.2) is 24.4 Å². The van der Waals surface area contributed by atoms with Crippen LogP contribution in [0.2, 0.25) is 0 Å². The average Bonchev–Trinajstić information content (AvgIpc) is 2.66. The van der Waals surface area contributed by atoms with E-state index in [1.54, 1.807) is 0 Å². The van der Waals surface area contributed by atoms with Crippen molar-refractivity contribution in [3.05, 3.63) is 35.5 Å². The van der Waals surface area contributed by atoms with E-state index in [4.69, 9.17) is 0 Å². The number of hydrogen-bond donors (Lipinski definition) is 1. The summed E-state index contributed by atoms with van der Waals surface area (Å²) in [6, 6.07) is 6.96. The van der Waals surface area contributed by atoms with Crippen LogP contribution in [0.5, 0.6) is 0 Å². The minimum Gasteiger partial charge on any atom is -0.350 e. The summed E-state index contributed by atoms with van der Waals surface area (Å²) in [6.07, 6.45) is 6.14. The van der Waals surface area contributed by atoms with Gasteiger partial charge < -0.3 is 9.88 Å². The third-order valence-electron chi connectivity index (χ3n) is 4.18. The van der Waals surface area contributed by atoms with Gasteiger partial charge in [-0.1, -0.05) is 6.07 Å². The zero-order valence-electron chi connectivity index (χ0n) is 11.4. The molecule has 2 heterocycles. The van der Waals surface area contributed by atoms with E-state index in [2.05, 4.69) is 48.3 Å². The van der Waals surface area contributed by atoms with Gasteiger partial charge in [0.1, 0.15) is 0 Å². The molecule has 18 heavy (non-hydrogen) atoms. The number of aryl methyl sites for hydroxylation is 2. The van der Waals surface area contributed by atoms with Gasteiger partial charge in [-0.25, -0.2) is 0 Å². The molecule has 2 aromatic rings. The number of benzene rings is 1. The van der Waals surface area contributed by atoms with Crippen LogP contribution < -0.4 is 5.32 Å². The lowest BCUT2D eigenvalue weighted by Crippen LogP contribution is -2.30. The van der Waals surface area contributed by atoms with Crippen molar-refractivity contribution in [1.82, 2.24) is 9.88 Å². The Labute approximate surface area is 109 Å². The summed E-state index contributed by atoms with van der Waals surface area (Å²) in [7, 11) is 2.13. The highest BCUT2D eigenvalue weighted by atomic mass is 14.9. The van der Waals surface area contributed by atoms with Gasteiger partial charge in [0, 0.05) is 24.1 Å². The quantitative estimate of drug-likeness (QED) is 0.856. The predicted octanol–water partition coefficient (Wildman–Crippen LogP) is 3.03. The first-order valence-corrected chi connectivity index (χ1v) is 6.99. The minimum atomic E-state index is 0.820. The Bertz CT molecular complexity index is 547. The smallest absolute Gasteiger partial charge is 0.0480 e. The summed E-state index contributed by atoms with van der Waals surface area (Å²) in [5, 5.41) is 4.92. The van der Waals surface area contributed by atoms with Crippen molar-refractivity contribution >= 4 is 10.9 Å². The normalized spacial score (nSPS) is 20.4. The minimum absolute atomic E-state index is 0.820. The maximum atomic E-state index is 3.50. The second kappa shape index (κ2) is 4.77. The van der Waals surface area contributed by atoms with Crippen LogP contribution >= 0.6 is 0 Å². The summed E-state index contributed by atoms with van der Waals surface area (Å²) >= 11 is 0. The van der Waals surface area contributed by atoms with Gasteiger partial charge in [-0.15, -0.1) is 0 Å². The largest absolute Gasteiger partial charge is 0.350 e. The highest BCUT2D eigenvalue weighted by molar-refractivity contribution is 5.84. The van der Waals surface area contributed by atoms with Crippen LogP contribution in [-0.2, 0) is 13.5 Å². The van der Waals surface area contributed by atoms with E-state index in [1.165, 1.54) is 54.4 Å². The van der Waals surface area contributed by atoms with Gasteiger partial charge >= 0.3 is 0 Å². The van der Waals surface area contributed by atoms with Crippen molar-refractivity contribution in [3.8, 4) is 0 Å². The summed E-state index contributed by atoms with van der Waals surface area (Å²) in [5.41, 5.74) is 4.22. The molecule has 1 unspecified atom stereocenters. The van der Waals surface area contributed by atoms with Crippen molar-refractivity contribution < 1.29 is 0 Å². The molecule has 1 aromatic carbocycles. The second-order valence-corrected chi connectivity index (χ2v) is 5.69. The maximum Gasteiger partial charge on any atom is 0.0480 e. The Kier molecular flexibility index (Phi) is 3.13. The Morgan fingerprint density at radius 2 is 2.28 bits per heavy atom. The molecule has 1 N–H and O–H groups in total. The van der Waals surface area contributed by atoms with Crippen LogP contribution in [-0.4, -0.2) is 17.7 Å². The van der Waals surface area contributed by atoms with Crippen molar-refractivity contribution in [3.63, 3.8) is 0 Å². The number of fused-ring (bicyclic) bond motifs is 1. The fourth-order valence-electron chi connectivity index (χ4n) is 3.19. The fraction of sp³-hybridized carbons (Fsp3) is 0.500. The number of piperidine rings is 1. The molecular formula is C16H22N2. The lowest BCUT2D eigenvalue weighted by Gasteiger charge is -2.22. The summed E-state index contributed by atoms with van der Waals surface area (Å²) in [6.45, 7) is 4.59. The Hall–Kier alpha value is -1.28. The zero-order valence-corrected chi connectivity index (χ0v) is 11.4. The molecule has 1 saturated heterocycles. The van der Waals surface area contributed by atoms with Gasteiger partial charge in [-0.3, -0.25) is 0 Å². The molecular weight excluding hydrogens is 220 g/mol. The number of nitrogens with zero attached hydrogens (tertiary/aromatic N) is 1. The lowest BCUT2D eigenvalue weighted by atomic mass is 9.92. The second-order valence-electron chi connectivity index (χ2n) is 5.69. The van der Waals surface area contributed by atoms with E-state index in [9.17, 15) is 0 Å². The Morgan fingerprint density at radius 1 is 1.39 bits per heavy atom. The van der Waals surface area contributed by atoms with E-state index in [0.717, 1.165) is 5.92 Å². The molecule has 0 saturated carbocycles. The molecule has 1 atom stereocenters. The molecule has 1 aliphatic heterocycles. The first-order valence-electron chi connectivity index (χ1n) is 6.99. The Morgan fingerprint density at radius 3 is 3.06 bits per heavy atom. The lowest BCUT2D eigenvalue weighted by molar-refractivity contribution is 0.376.